The van der Waals surface area contributed by atoms with E-state index in [1.165, 1.54) is 42.7 Å². The molecule has 0 bridgehead atoms. The van der Waals surface area contributed by atoms with Crippen molar-refractivity contribution in [3.8, 4) is 46.0 Å². The van der Waals surface area contributed by atoms with Gasteiger partial charge >= 0.3 is 0 Å². The first-order valence-electron chi connectivity index (χ1n) is 8.28. The molecule has 2 N–H and O–H groups in total. The molecule has 0 amide bonds. The molecule has 0 spiro atoms. The van der Waals surface area contributed by atoms with Gasteiger partial charge in [-0.05, 0) is 37.1 Å². The smallest absolute Gasteiger partial charge is 0.207 e. The van der Waals surface area contributed by atoms with Crippen molar-refractivity contribution in [3.05, 3.63) is 23.3 Å². The lowest BCUT2D eigenvalue weighted by molar-refractivity contribution is 0.309. The molecule has 0 unspecified atom stereocenters. The van der Waals surface area contributed by atoms with Gasteiger partial charge in [0.2, 0.25) is 23.0 Å². The first-order chi connectivity index (χ1) is 13.3. The van der Waals surface area contributed by atoms with E-state index in [-0.39, 0.29) is 11.5 Å². The van der Waals surface area contributed by atoms with Crippen LogP contribution in [0.15, 0.2) is 12.1 Å². The highest BCUT2D eigenvalue weighted by atomic mass is 16.5. The number of ether oxygens (including phenoxy) is 6. The monoisotopic (exact) mass is 396 g/mol. The van der Waals surface area contributed by atoms with E-state index >= 15 is 0 Å². The third-order valence-corrected chi connectivity index (χ3v) is 3.99. The highest BCUT2D eigenvalue weighted by Gasteiger charge is 2.18. The number of benzene rings is 2. The summed E-state index contributed by atoms with van der Waals surface area (Å²) in [5.74, 6) is 2.62. The number of methoxy groups -OCH3 is 6. The second-order valence-corrected chi connectivity index (χ2v) is 5.62. The van der Waals surface area contributed by atoms with Crippen LogP contribution in [0.3, 0.4) is 0 Å². The second-order valence-electron chi connectivity index (χ2n) is 5.62. The van der Waals surface area contributed by atoms with Crippen LogP contribution in [0, 0.1) is 13.8 Å². The van der Waals surface area contributed by atoms with Gasteiger partial charge in [-0.25, -0.2) is 0 Å². The Labute approximate surface area is 165 Å². The molecule has 28 heavy (non-hydrogen) atoms. The lowest BCUT2D eigenvalue weighted by Gasteiger charge is -2.14. The van der Waals surface area contributed by atoms with Crippen LogP contribution in [0.1, 0.15) is 11.1 Å². The summed E-state index contributed by atoms with van der Waals surface area (Å²) in [5, 5.41) is 19.3. The Kier molecular flexibility index (Phi) is 8.37. The molecule has 0 heterocycles. The van der Waals surface area contributed by atoms with Crippen molar-refractivity contribution in [2.45, 2.75) is 13.8 Å². The zero-order chi connectivity index (χ0) is 21.4. The van der Waals surface area contributed by atoms with Gasteiger partial charge < -0.3 is 38.6 Å². The highest BCUT2D eigenvalue weighted by Crippen LogP contribution is 2.46. The minimum absolute atomic E-state index is 0.0742. The van der Waals surface area contributed by atoms with Crippen LogP contribution >= 0.6 is 0 Å². The molecule has 0 radical (unpaired) electrons. The van der Waals surface area contributed by atoms with E-state index in [1.807, 2.05) is 0 Å². The van der Waals surface area contributed by atoms with E-state index in [0.717, 1.165) is 0 Å². The molecule has 0 aliphatic carbocycles. The Hall–Kier alpha value is -3.16. The zero-order valence-corrected chi connectivity index (χ0v) is 17.5. The fraction of sp³-hybridized carbons (Fsp3) is 0.400. The second kappa shape index (κ2) is 10.2. The number of rotatable bonds is 6. The Morgan fingerprint density at radius 1 is 0.500 bits per heavy atom. The molecule has 8 heteroatoms. The van der Waals surface area contributed by atoms with Crippen LogP contribution in [0.5, 0.6) is 46.0 Å². The maximum absolute atomic E-state index is 9.67. The van der Waals surface area contributed by atoms with Crippen molar-refractivity contribution >= 4 is 0 Å². The standard InChI is InChI=1S/2C10H14O4/c2*1-6-5-7(12-2)9(13-3)10(14-4)8(6)11/h2*5,11H,1-4H3. The van der Waals surface area contributed by atoms with Crippen LogP contribution < -0.4 is 28.4 Å². The minimum Gasteiger partial charge on any atom is -0.504 e. The van der Waals surface area contributed by atoms with E-state index in [0.29, 0.717) is 45.6 Å². The van der Waals surface area contributed by atoms with Crippen LogP contribution in [0.25, 0.3) is 0 Å². The lowest BCUT2D eigenvalue weighted by Crippen LogP contribution is -1.96. The topological polar surface area (TPSA) is 95.8 Å². The summed E-state index contributed by atoms with van der Waals surface area (Å²) in [6.07, 6.45) is 0. The Bertz CT molecular complexity index is 734. The van der Waals surface area contributed by atoms with E-state index in [2.05, 4.69) is 0 Å². The maximum atomic E-state index is 9.67. The third-order valence-electron chi connectivity index (χ3n) is 3.99. The van der Waals surface area contributed by atoms with Crippen LogP contribution in [-0.4, -0.2) is 52.9 Å². The van der Waals surface area contributed by atoms with Crippen molar-refractivity contribution in [2.75, 3.05) is 42.7 Å². The van der Waals surface area contributed by atoms with E-state index in [9.17, 15) is 10.2 Å². The molecule has 0 aliphatic heterocycles. The molecule has 0 saturated heterocycles. The number of phenols is 2. The first-order valence-corrected chi connectivity index (χ1v) is 8.28. The number of hydrogen-bond acceptors (Lipinski definition) is 8. The Morgan fingerprint density at radius 3 is 1.00 bits per heavy atom. The average molecular weight is 396 g/mol. The molecule has 2 aromatic carbocycles. The Balaban J connectivity index is 0.000000280. The molecular formula is C20H28O8. The first kappa shape index (κ1) is 22.9. The average Bonchev–Trinajstić information content (AvgIpc) is 2.71. The van der Waals surface area contributed by atoms with Gasteiger partial charge in [-0.15, -0.1) is 0 Å². The van der Waals surface area contributed by atoms with E-state index in [4.69, 9.17) is 28.4 Å². The molecule has 0 aliphatic rings. The van der Waals surface area contributed by atoms with Crippen molar-refractivity contribution in [1.82, 2.24) is 0 Å². The van der Waals surface area contributed by atoms with E-state index < -0.39 is 0 Å². The van der Waals surface area contributed by atoms with Crippen molar-refractivity contribution in [1.29, 1.82) is 0 Å². The maximum Gasteiger partial charge on any atom is 0.207 e. The summed E-state index contributed by atoms with van der Waals surface area (Å²) in [6, 6.07) is 3.38. The zero-order valence-electron chi connectivity index (χ0n) is 17.5. The molecule has 0 fully saturated rings. The van der Waals surface area contributed by atoms with Gasteiger partial charge in [0.25, 0.3) is 0 Å². The van der Waals surface area contributed by atoms with Gasteiger partial charge in [0, 0.05) is 0 Å². The summed E-state index contributed by atoms with van der Waals surface area (Å²) >= 11 is 0. The van der Waals surface area contributed by atoms with Gasteiger partial charge in [0.15, 0.2) is 23.0 Å². The van der Waals surface area contributed by atoms with E-state index in [1.54, 1.807) is 26.0 Å². The molecular weight excluding hydrogens is 368 g/mol. The van der Waals surface area contributed by atoms with Crippen molar-refractivity contribution < 1.29 is 38.6 Å². The minimum atomic E-state index is 0.0742. The van der Waals surface area contributed by atoms with Crippen LogP contribution in [0.2, 0.25) is 0 Å². The predicted molar refractivity (Wildman–Crippen MR) is 105 cm³/mol. The molecule has 0 aromatic heterocycles. The number of aromatic hydroxyl groups is 2. The summed E-state index contributed by atoms with van der Waals surface area (Å²) in [5.41, 5.74) is 1.36. The number of aryl methyl sites for hydroxylation is 2. The number of phenolic OH excluding ortho intramolecular Hbond substituents is 2. The van der Waals surface area contributed by atoms with Gasteiger partial charge in [-0.1, -0.05) is 0 Å². The fourth-order valence-electron chi connectivity index (χ4n) is 2.53. The summed E-state index contributed by atoms with van der Waals surface area (Å²) in [6.45, 7) is 3.53. The van der Waals surface area contributed by atoms with Crippen LogP contribution in [-0.2, 0) is 0 Å². The van der Waals surface area contributed by atoms with Gasteiger partial charge in [0.05, 0.1) is 42.7 Å². The van der Waals surface area contributed by atoms with Gasteiger partial charge in [-0.3, -0.25) is 0 Å². The molecule has 2 rings (SSSR count). The fourth-order valence-corrected chi connectivity index (χ4v) is 2.53. The van der Waals surface area contributed by atoms with Crippen molar-refractivity contribution in [3.63, 3.8) is 0 Å². The van der Waals surface area contributed by atoms with Gasteiger partial charge in [-0.2, -0.15) is 0 Å². The summed E-state index contributed by atoms with van der Waals surface area (Å²) in [7, 11) is 9.00. The summed E-state index contributed by atoms with van der Waals surface area (Å²) in [4.78, 5) is 0. The molecule has 8 nitrogen and oxygen atoms in total. The molecule has 0 saturated carbocycles. The Morgan fingerprint density at radius 2 is 0.786 bits per heavy atom. The van der Waals surface area contributed by atoms with Crippen molar-refractivity contribution in [2.24, 2.45) is 0 Å². The normalized spacial score (nSPS) is 9.71. The van der Waals surface area contributed by atoms with Gasteiger partial charge in [0.1, 0.15) is 0 Å². The van der Waals surface area contributed by atoms with Crippen LogP contribution in [0.4, 0.5) is 0 Å². The molecule has 0 atom stereocenters. The SMILES string of the molecule is COc1cc(C)c(O)c(OC)c1OC.COc1cc(C)c(O)c(OC)c1OC. The molecule has 156 valence electrons. The highest BCUT2D eigenvalue weighted by molar-refractivity contribution is 5.62. The summed E-state index contributed by atoms with van der Waals surface area (Å²) < 4.78 is 30.4. The number of hydrogen-bond donors (Lipinski definition) is 2. The lowest BCUT2D eigenvalue weighted by atomic mass is 10.2. The molecule has 2 aromatic rings. The predicted octanol–water partition coefficient (Wildman–Crippen LogP) is 3.45. The largest absolute Gasteiger partial charge is 0.504 e. The quantitative estimate of drug-likeness (QED) is 0.767. The third kappa shape index (κ3) is 4.57.